The molecular formula is C32H37N5O21S6. The second kappa shape index (κ2) is 20.0. The van der Waals surface area contributed by atoms with E-state index in [-0.39, 0.29) is 45.1 Å². The van der Waals surface area contributed by atoms with Gasteiger partial charge < -0.3 is 20.3 Å². The lowest BCUT2D eigenvalue weighted by atomic mass is 10.0. The molecule has 0 spiro atoms. The number of azo groups is 2. The van der Waals surface area contributed by atoms with Gasteiger partial charge in [-0.15, -0.1) is 15.3 Å². The summed E-state index contributed by atoms with van der Waals surface area (Å²) in [5, 5.41) is 26.8. The number of rotatable bonds is 22. The first kappa shape index (κ1) is 51.6. The Balaban J connectivity index is 1.85. The highest BCUT2D eigenvalue weighted by Gasteiger charge is 2.29. The molecule has 0 amide bonds. The van der Waals surface area contributed by atoms with Crippen molar-refractivity contribution in [1.29, 1.82) is 0 Å². The average Bonchev–Trinajstić information content (AvgIpc) is 3.20. The number of fused-ring (bicyclic) bond motifs is 1. The molecule has 64 heavy (non-hydrogen) atoms. The first-order chi connectivity index (χ1) is 29.6. The van der Waals surface area contributed by atoms with Gasteiger partial charge in [-0.1, -0.05) is 0 Å². The first-order valence-corrected chi connectivity index (χ1v) is 26.2. The van der Waals surface area contributed by atoms with E-state index in [4.69, 9.17) is 19.8 Å². The monoisotopic (exact) mass is 1020 g/mol. The Labute approximate surface area is 366 Å². The summed E-state index contributed by atoms with van der Waals surface area (Å²) >= 11 is 0. The Morgan fingerprint density at radius 2 is 1.27 bits per heavy atom. The van der Waals surface area contributed by atoms with Crippen molar-refractivity contribution >= 4 is 99.9 Å². The molecule has 0 fully saturated rings. The number of phenolic OH excluding ortho intramolecular Hbond substituents is 1. The Morgan fingerprint density at radius 3 is 1.83 bits per heavy atom. The summed E-state index contributed by atoms with van der Waals surface area (Å²) < 4.78 is 193. The number of phenols is 1. The predicted octanol–water partition coefficient (Wildman–Crippen LogP) is 3.36. The van der Waals surface area contributed by atoms with Crippen molar-refractivity contribution < 1.29 is 90.9 Å². The number of nitrogen functional groups attached to an aromatic ring is 1. The van der Waals surface area contributed by atoms with E-state index in [0.717, 1.165) is 64.8 Å². The standard InChI is InChI=1S/C32H37N5O21S6/c1-53-24-17-26(60(41,42)13-11-58-64(51,52)56-4)25(54-2)16-23(24)35-37-31-27(62(46,47)55-3)15-19-14-20(18-61(43,44)45)30(29(33)28(19)32(31)38)36-34-21-6-8-22(9-7-21)59(39,40)12-5-10-57-63(48,49)50/h6-9,14-17,38H,5,10-13,18,33H2,1-4H3,(H,43,44,45)(H,48,49,50). The molecule has 32 heteroatoms. The molecule has 0 saturated heterocycles. The van der Waals surface area contributed by atoms with Crippen LogP contribution in [-0.4, -0.2) is 118 Å². The number of ether oxygens (including phenoxy) is 2. The molecule has 0 saturated carbocycles. The second-order valence-electron chi connectivity index (χ2n) is 12.5. The Bertz CT molecular complexity index is 3180. The van der Waals surface area contributed by atoms with Crippen LogP contribution in [0.25, 0.3) is 10.8 Å². The zero-order valence-electron chi connectivity index (χ0n) is 33.4. The number of methoxy groups -OCH3 is 2. The van der Waals surface area contributed by atoms with Gasteiger partial charge in [0.15, 0.2) is 25.4 Å². The minimum absolute atomic E-state index is 0.0400. The normalized spacial score (nSPS) is 13.3. The minimum atomic E-state index is -4.86. The Kier molecular flexibility index (Phi) is 16.2. The highest BCUT2D eigenvalue weighted by atomic mass is 32.3. The molecule has 0 bridgehead atoms. The largest absolute Gasteiger partial charge is 0.505 e. The summed E-state index contributed by atoms with van der Waals surface area (Å²) in [7, 11) is -23.5. The highest BCUT2D eigenvalue weighted by molar-refractivity contribution is 7.91. The van der Waals surface area contributed by atoms with Gasteiger partial charge in [-0.2, -0.15) is 38.8 Å². The predicted molar refractivity (Wildman–Crippen MR) is 222 cm³/mol. The summed E-state index contributed by atoms with van der Waals surface area (Å²) in [5.41, 5.74) is 3.85. The van der Waals surface area contributed by atoms with Gasteiger partial charge in [0.25, 0.3) is 20.2 Å². The molecule has 0 aliphatic rings. The molecule has 0 radical (unpaired) electrons. The SMILES string of the molecule is COc1cc(S(=O)(=O)CCOS(=O)(=O)OC)c(OC)cc1N=Nc1c(S(=O)(=O)OC)cc2cc(CS(=O)(=O)O)c(N=Nc3ccc(S(=O)(=O)CCCOS(=O)(=O)O)cc3)c(N)c2c1O. The van der Waals surface area contributed by atoms with Crippen molar-refractivity contribution in [2.24, 2.45) is 20.5 Å². The van der Waals surface area contributed by atoms with Gasteiger partial charge in [0.05, 0.1) is 74.8 Å². The summed E-state index contributed by atoms with van der Waals surface area (Å²) in [5.74, 6) is -4.30. The first-order valence-electron chi connectivity index (χ1n) is 17.2. The van der Waals surface area contributed by atoms with Gasteiger partial charge in [0.1, 0.15) is 44.1 Å². The van der Waals surface area contributed by atoms with E-state index in [1.54, 1.807) is 0 Å². The summed E-state index contributed by atoms with van der Waals surface area (Å²) in [6, 6.07) is 8.41. The highest BCUT2D eigenvalue weighted by Crippen LogP contribution is 2.49. The number of hydrogen-bond donors (Lipinski definition) is 4. The molecule has 4 aromatic rings. The van der Waals surface area contributed by atoms with E-state index in [1.807, 2.05) is 0 Å². The van der Waals surface area contributed by atoms with Crippen molar-refractivity contribution in [3.05, 3.63) is 54.1 Å². The third-order valence-corrected chi connectivity index (χ3v) is 15.1. The molecule has 352 valence electrons. The molecular weight excluding hydrogens is 983 g/mol. The van der Waals surface area contributed by atoms with Gasteiger partial charge >= 0.3 is 20.8 Å². The molecule has 4 rings (SSSR count). The Morgan fingerprint density at radius 1 is 0.641 bits per heavy atom. The van der Waals surface area contributed by atoms with Crippen molar-refractivity contribution in [3.8, 4) is 17.2 Å². The molecule has 26 nitrogen and oxygen atoms in total. The van der Waals surface area contributed by atoms with E-state index < -0.39 is 129 Å². The summed E-state index contributed by atoms with van der Waals surface area (Å²) in [6.45, 7) is -1.47. The minimum Gasteiger partial charge on any atom is -0.505 e. The maximum atomic E-state index is 13.2. The van der Waals surface area contributed by atoms with E-state index in [1.165, 1.54) is 12.1 Å². The molecule has 0 unspecified atom stereocenters. The zero-order chi connectivity index (χ0) is 48.1. The fraction of sp³-hybridized carbons (Fsp3) is 0.312. The number of benzene rings is 4. The number of aromatic hydroxyl groups is 1. The molecule has 4 aromatic carbocycles. The third kappa shape index (κ3) is 13.1. The van der Waals surface area contributed by atoms with Crippen LogP contribution in [0.15, 0.2) is 83.7 Å². The molecule has 0 heterocycles. The molecule has 0 aromatic heterocycles. The molecule has 0 aliphatic carbocycles. The van der Waals surface area contributed by atoms with Crippen LogP contribution in [0.3, 0.4) is 0 Å². The smallest absolute Gasteiger partial charge is 0.399 e. The van der Waals surface area contributed by atoms with Crippen LogP contribution in [0.1, 0.15) is 12.0 Å². The quantitative estimate of drug-likeness (QED) is 0.0288. The summed E-state index contributed by atoms with van der Waals surface area (Å²) in [4.78, 5) is -1.60. The van der Waals surface area contributed by atoms with Crippen LogP contribution in [0.4, 0.5) is 28.4 Å². The zero-order valence-corrected chi connectivity index (χ0v) is 38.3. The van der Waals surface area contributed by atoms with E-state index in [9.17, 15) is 60.2 Å². The van der Waals surface area contributed by atoms with Crippen LogP contribution in [0.2, 0.25) is 0 Å². The lowest BCUT2D eigenvalue weighted by Crippen LogP contribution is -2.17. The Hall–Kier alpha value is -5.00. The lowest BCUT2D eigenvalue weighted by molar-refractivity contribution is 0.255. The number of hydrogen-bond acceptors (Lipinski definition) is 24. The molecule has 0 atom stereocenters. The van der Waals surface area contributed by atoms with Crippen LogP contribution in [0.5, 0.6) is 17.2 Å². The van der Waals surface area contributed by atoms with Crippen LogP contribution in [-0.2, 0) is 83.2 Å². The van der Waals surface area contributed by atoms with E-state index >= 15 is 0 Å². The topological polar surface area (TPSA) is 396 Å². The molecule has 0 aliphatic heterocycles. The number of nitrogens with zero attached hydrogens (tertiary/aromatic N) is 4. The van der Waals surface area contributed by atoms with E-state index in [2.05, 4.69) is 37.2 Å². The maximum Gasteiger partial charge on any atom is 0.399 e. The summed E-state index contributed by atoms with van der Waals surface area (Å²) in [6.07, 6.45) is -0.302. The van der Waals surface area contributed by atoms with Gasteiger partial charge in [0, 0.05) is 12.1 Å². The van der Waals surface area contributed by atoms with Crippen LogP contribution in [0, 0.1) is 0 Å². The lowest BCUT2D eigenvalue weighted by Gasteiger charge is -2.16. The van der Waals surface area contributed by atoms with Gasteiger partial charge in [0.2, 0.25) is 0 Å². The van der Waals surface area contributed by atoms with Crippen molar-refractivity contribution in [1.82, 2.24) is 0 Å². The van der Waals surface area contributed by atoms with Crippen molar-refractivity contribution in [2.45, 2.75) is 26.9 Å². The third-order valence-electron chi connectivity index (χ3n) is 8.35. The van der Waals surface area contributed by atoms with Gasteiger partial charge in [-0.05, 0) is 53.8 Å². The van der Waals surface area contributed by atoms with Crippen molar-refractivity contribution in [2.75, 3.05) is 58.9 Å². The average molecular weight is 1020 g/mol. The van der Waals surface area contributed by atoms with Crippen molar-refractivity contribution in [3.63, 3.8) is 0 Å². The number of nitrogens with two attached hydrogens (primary N) is 1. The van der Waals surface area contributed by atoms with Crippen LogP contribution < -0.4 is 15.2 Å². The maximum absolute atomic E-state index is 13.2. The fourth-order valence-corrected chi connectivity index (χ4v) is 10.2. The molecule has 5 N–H and O–H groups in total. The van der Waals surface area contributed by atoms with E-state index in [0.29, 0.717) is 0 Å². The van der Waals surface area contributed by atoms with Gasteiger partial charge in [-0.25, -0.2) is 25.2 Å². The second-order valence-corrected chi connectivity index (χ2v) is 22.3. The van der Waals surface area contributed by atoms with Crippen LogP contribution >= 0.6 is 0 Å². The fourth-order valence-electron chi connectivity index (χ4n) is 5.44. The number of sulfone groups is 2. The number of anilines is 1. The van der Waals surface area contributed by atoms with Gasteiger partial charge in [-0.3, -0.25) is 17.5 Å².